The van der Waals surface area contributed by atoms with Gasteiger partial charge in [0.05, 0.1) is 13.2 Å². The van der Waals surface area contributed by atoms with Gasteiger partial charge in [-0.1, -0.05) is 30.3 Å². The summed E-state index contributed by atoms with van der Waals surface area (Å²) < 4.78 is 5.27. The molecule has 4 nitrogen and oxygen atoms in total. The molecule has 0 fully saturated rings. The van der Waals surface area contributed by atoms with Crippen molar-refractivity contribution in [1.29, 1.82) is 0 Å². The van der Waals surface area contributed by atoms with Gasteiger partial charge >= 0.3 is 0 Å². The first-order valence-corrected chi connectivity index (χ1v) is 7.00. The highest BCUT2D eigenvalue weighted by Gasteiger charge is 1.97. The highest BCUT2D eigenvalue weighted by Crippen LogP contribution is 1.97. The van der Waals surface area contributed by atoms with E-state index in [2.05, 4.69) is 46.8 Å². The van der Waals surface area contributed by atoms with E-state index in [-0.39, 0.29) is 24.0 Å². The molecule has 0 heterocycles. The average Bonchev–Trinajstić information content (AvgIpc) is 2.44. The van der Waals surface area contributed by atoms with Crippen LogP contribution in [0.3, 0.4) is 0 Å². The SMILES string of the molecule is CCNC(=NCCOCC)NCCc1ccccc1.I. The van der Waals surface area contributed by atoms with Crippen LogP contribution < -0.4 is 10.6 Å². The van der Waals surface area contributed by atoms with Crippen molar-refractivity contribution in [2.45, 2.75) is 20.3 Å². The van der Waals surface area contributed by atoms with Crippen LogP contribution in [0.25, 0.3) is 0 Å². The number of halogens is 1. The van der Waals surface area contributed by atoms with Crippen LogP contribution in [0.15, 0.2) is 35.3 Å². The molecule has 0 aliphatic heterocycles. The third kappa shape index (κ3) is 9.14. The summed E-state index contributed by atoms with van der Waals surface area (Å²) in [5.41, 5.74) is 1.33. The first kappa shape index (κ1) is 19.2. The Morgan fingerprint density at radius 3 is 2.55 bits per heavy atom. The molecule has 0 radical (unpaired) electrons. The van der Waals surface area contributed by atoms with Crippen molar-refractivity contribution in [2.24, 2.45) is 4.99 Å². The lowest BCUT2D eigenvalue weighted by molar-refractivity contribution is 0.155. The van der Waals surface area contributed by atoms with Gasteiger partial charge in [0.15, 0.2) is 5.96 Å². The Kier molecular flexibility index (Phi) is 12.6. The molecule has 1 aromatic rings. The molecule has 1 aromatic carbocycles. The maximum absolute atomic E-state index is 5.27. The van der Waals surface area contributed by atoms with E-state index >= 15 is 0 Å². The largest absolute Gasteiger partial charge is 0.380 e. The Balaban J connectivity index is 0.00000361. The van der Waals surface area contributed by atoms with Crippen LogP contribution in [0.2, 0.25) is 0 Å². The molecule has 0 aliphatic rings. The summed E-state index contributed by atoms with van der Waals surface area (Å²) in [7, 11) is 0. The average molecular weight is 391 g/mol. The second-order valence-electron chi connectivity index (χ2n) is 4.12. The zero-order valence-electron chi connectivity index (χ0n) is 12.4. The van der Waals surface area contributed by atoms with Gasteiger partial charge in [-0.15, -0.1) is 24.0 Å². The lowest BCUT2D eigenvalue weighted by atomic mass is 10.1. The van der Waals surface area contributed by atoms with Gasteiger partial charge in [0.25, 0.3) is 0 Å². The van der Waals surface area contributed by atoms with Crippen molar-refractivity contribution in [3.8, 4) is 0 Å². The zero-order valence-corrected chi connectivity index (χ0v) is 14.7. The molecule has 0 unspecified atom stereocenters. The minimum absolute atomic E-state index is 0. The molecule has 1 rings (SSSR count). The van der Waals surface area contributed by atoms with Gasteiger partial charge in [-0.2, -0.15) is 0 Å². The Morgan fingerprint density at radius 2 is 1.90 bits per heavy atom. The van der Waals surface area contributed by atoms with Gasteiger partial charge < -0.3 is 15.4 Å². The Bertz CT molecular complexity index is 357. The van der Waals surface area contributed by atoms with Gasteiger partial charge in [0, 0.05) is 19.7 Å². The van der Waals surface area contributed by atoms with Crippen LogP contribution in [0.4, 0.5) is 0 Å². The van der Waals surface area contributed by atoms with E-state index in [4.69, 9.17) is 4.74 Å². The maximum Gasteiger partial charge on any atom is 0.191 e. The van der Waals surface area contributed by atoms with Crippen molar-refractivity contribution in [3.63, 3.8) is 0 Å². The molecule has 20 heavy (non-hydrogen) atoms. The van der Waals surface area contributed by atoms with Crippen molar-refractivity contribution in [3.05, 3.63) is 35.9 Å². The third-order valence-corrected chi connectivity index (χ3v) is 2.60. The number of hydrogen-bond donors (Lipinski definition) is 2. The van der Waals surface area contributed by atoms with Crippen molar-refractivity contribution < 1.29 is 4.74 Å². The predicted octanol–water partition coefficient (Wildman–Crippen LogP) is 2.44. The standard InChI is InChI=1S/C15H25N3O.HI/c1-3-16-15(18-12-13-19-4-2)17-11-10-14-8-6-5-7-9-14;/h5-9H,3-4,10-13H2,1-2H3,(H2,16,17,18);1H. The van der Waals surface area contributed by atoms with E-state index in [0.29, 0.717) is 13.2 Å². The molecule has 5 heteroatoms. The molecule has 0 amide bonds. The highest BCUT2D eigenvalue weighted by molar-refractivity contribution is 14.0. The number of rotatable bonds is 8. The number of benzene rings is 1. The van der Waals surface area contributed by atoms with Crippen LogP contribution >= 0.6 is 24.0 Å². The van der Waals surface area contributed by atoms with Crippen molar-refractivity contribution in [2.75, 3.05) is 32.8 Å². The summed E-state index contributed by atoms with van der Waals surface area (Å²) in [4.78, 5) is 4.45. The number of hydrogen-bond acceptors (Lipinski definition) is 2. The van der Waals surface area contributed by atoms with Gasteiger partial charge in [0.2, 0.25) is 0 Å². The number of aliphatic imine (C=N–C) groups is 1. The van der Waals surface area contributed by atoms with Crippen molar-refractivity contribution in [1.82, 2.24) is 10.6 Å². The second kappa shape index (κ2) is 13.2. The first-order chi connectivity index (χ1) is 9.36. The molecule has 0 aromatic heterocycles. The van der Waals surface area contributed by atoms with E-state index in [1.54, 1.807) is 0 Å². The molecule has 0 saturated heterocycles. The summed E-state index contributed by atoms with van der Waals surface area (Å²) in [6.07, 6.45) is 0.997. The summed E-state index contributed by atoms with van der Waals surface area (Å²) in [5, 5.41) is 6.56. The topological polar surface area (TPSA) is 45.7 Å². The Hall–Kier alpha value is -0.820. The summed E-state index contributed by atoms with van der Waals surface area (Å²) in [6, 6.07) is 10.4. The van der Waals surface area contributed by atoms with E-state index in [9.17, 15) is 0 Å². The normalized spacial score (nSPS) is 10.8. The summed E-state index contributed by atoms with van der Waals surface area (Å²) in [5.74, 6) is 0.859. The molecule has 0 bridgehead atoms. The molecule has 0 atom stereocenters. The monoisotopic (exact) mass is 391 g/mol. The smallest absolute Gasteiger partial charge is 0.191 e. The van der Waals surface area contributed by atoms with Crippen LogP contribution in [0.5, 0.6) is 0 Å². The first-order valence-electron chi connectivity index (χ1n) is 7.00. The van der Waals surface area contributed by atoms with Gasteiger partial charge in [-0.05, 0) is 25.8 Å². The van der Waals surface area contributed by atoms with Crippen LogP contribution in [-0.2, 0) is 11.2 Å². The van der Waals surface area contributed by atoms with Gasteiger partial charge in [-0.25, -0.2) is 0 Å². The second-order valence-corrected chi connectivity index (χ2v) is 4.12. The number of ether oxygens (including phenoxy) is 1. The molecule has 0 spiro atoms. The van der Waals surface area contributed by atoms with Crippen LogP contribution in [0, 0.1) is 0 Å². The number of nitrogens with zero attached hydrogens (tertiary/aromatic N) is 1. The molecule has 114 valence electrons. The summed E-state index contributed by atoms with van der Waals surface area (Å²) in [6.45, 7) is 7.91. The number of nitrogens with one attached hydrogen (secondary N) is 2. The van der Waals surface area contributed by atoms with Gasteiger partial charge in [0.1, 0.15) is 0 Å². The lowest BCUT2D eigenvalue weighted by Gasteiger charge is -2.11. The zero-order chi connectivity index (χ0) is 13.8. The molecular weight excluding hydrogens is 365 g/mol. The van der Waals surface area contributed by atoms with E-state index in [0.717, 1.165) is 32.1 Å². The van der Waals surface area contributed by atoms with E-state index in [1.165, 1.54) is 5.56 Å². The molecular formula is C15H26IN3O. The predicted molar refractivity (Wildman–Crippen MR) is 96.0 cm³/mol. The minimum Gasteiger partial charge on any atom is -0.380 e. The van der Waals surface area contributed by atoms with E-state index in [1.807, 2.05) is 13.0 Å². The Morgan fingerprint density at radius 1 is 1.15 bits per heavy atom. The van der Waals surface area contributed by atoms with Crippen LogP contribution in [-0.4, -0.2) is 38.8 Å². The fourth-order valence-electron chi connectivity index (χ4n) is 1.68. The van der Waals surface area contributed by atoms with E-state index < -0.39 is 0 Å². The maximum atomic E-state index is 5.27. The lowest BCUT2D eigenvalue weighted by Crippen LogP contribution is -2.38. The van der Waals surface area contributed by atoms with Gasteiger partial charge in [-0.3, -0.25) is 4.99 Å². The summed E-state index contributed by atoms with van der Waals surface area (Å²) >= 11 is 0. The molecule has 0 saturated carbocycles. The van der Waals surface area contributed by atoms with Crippen molar-refractivity contribution >= 4 is 29.9 Å². The Labute approximate surface area is 139 Å². The molecule has 2 N–H and O–H groups in total. The third-order valence-electron chi connectivity index (χ3n) is 2.60. The highest BCUT2D eigenvalue weighted by atomic mass is 127. The number of guanidine groups is 1. The fraction of sp³-hybridized carbons (Fsp3) is 0.533. The fourth-order valence-corrected chi connectivity index (χ4v) is 1.68. The quantitative estimate of drug-likeness (QED) is 0.310. The molecule has 0 aliphatic carbocycles. The minimum atomic E-state index is 0. The van der Waals surface area contributed by atoms with Crippen LogP contribution in [0.1, 0.15) is 19.4 Å².